The molecule has 2 rings (SSSR count). The molecule has 1 aromatic carbocycles. The van der Waals surface area contributed by atoms with Crippen LogP contribution in [-0.4, -0.2) is 22.1 Å². The molecular formula is C14H14N4O3. The third-order valence-electron chi connectivity index (χ3n) is 2.67. The summed E-state index contributed by atoms with van der Waals surface area (Å²) < 4.78 is 0. The van der Waals surface area contributed by atoms with Crippen molar-refractivity contribution >= 4 is 23.4 Å². The van der Waals surface area contributed by atoms with Crippen LogP contribution in [0.5, 0.6) is 0 Å². The van der Waals surface area contributed by atoms with Gasteiger partial charge in [0, 0.05) is 24.1 Å². The monoisotopic (exact) mass is 286 g/mol. The lowest BCUT2D eigenvalue weighted by Gasteiger charge is -2.06. The number of aromatic nitrogens is 1. The third-order valence-corrected chi connectivity index (χ3v) is 2.67. The lowest BCUT2D eigenvalue weighted by Crippen LogP contribution is -2.20. The van der Waals surface area contributed by atoms with E-state index in [4.69, 9.17) is 10.8 Å². The Hall–Kier alpha value is -3.09. The molecule has 7 heteroatoms. The summed E-state index contributed by atoms with van der Waals surface area (Å²) in [4.78, 5) is 26.5. The van der Waals surface area contributed by atoms with E-state index < -0.39 is 6.09 Å². The average Bonchev–Trinajstić information content (AvgIpc) is 2.48. The van der Waals surface area contributed by atoms with Crippen molar-refractivity contribution in [1.82, 2.24) is 10.3 Å². The zero-order chi connectivity index (χ0) is 15.2. The van der Waals surface area contributed by atoms with E-state index in [0.717, 1.165) is 0 Å². The van der Waals surface area contributed by atoms with E-state index in [0.29, 0.717) is 16.9 Å². The fraction of sp³-hybridized carbons (Fsp3) is 0.0714. The van der Waals surface area contributed by atoms with Crippen LogP contribution in [0.4, 0.5) is 16.2 Å². The summed E-state index contributed by atoms with van der Waals surface area (Å²) >= 11 is 0. The van der Waals surface area contributed by atoms with Crippen molar-refractivity contribution < 1.29 is 14.7 Å². The Bertz CT molecular complexity index is 656. The van der Waals surface area contributed by atoms with Crippen molar-refractivity contribution in [2.24, 2.45) is 0 Å². The van der Waals surface area contributed by atoms with Crippen LogP contribution in [0.1, 0.15) is 16.1 Å². The molecule has 0 radical (unpaired) electrons. The first-order chi connectivity index (χ1) is 10.0. The van der Waals surface area contributed by atoms with Crippen molar-refractivity contribution in [3.05, 3.63) is 53.9 Å². The minimum absolute atomic E-state index is 0.111. The van der Waals surface area contributed by atoms with E-state index >= 15 is 0 Å². The first-order valence-corrected chi connectivity index (χ1v) is 6.13. The van der Waals surface area contributed by atoms with Gasteiger partial charge in [-0.05, 0) is 42.0 Å². The van der Waals surface area contributed by atoms with Crippen molar-refractivity contribution in [2.45, 2.75) is 6.54 Å². The van der Waals surface area contributed by atoms with Gasteiger partial charge in [-0.15, -0.1) is 0 Å². The number of carbonyl (C=O) groups is 2. The molecule has 21 heavy (non-hydrogen) atoms. The first-order valence-electron chi connectivity index (χ1n) is 6.13. The molecule has 0 fully saturated rings. The van der Waals surface area contributed by atoms with Gasteiger partial charge in [-0.25, -0.2) is 4.79 Å². The number of carbonyl (C=O) groups excluding carboxylic acids is 1. The third kappa shape index (κ3) is 4.20. The Morgan fingerprint density at radius 3 is 2.57 bits per heavy atom. The zero-order valence-electron chi connectivity index (χ0n) is 11.0. The molecule has 0 spiro atoms. The summed E-state index contributed by atoms with van der Waals surface area (Å²) in [5.74, 6) is -0.378. The normalized spacial score (nSPS) is 9.90. The highest BCUT2D eigenvalue weighted by atomic mass is 16.4. The molecule has 108 valence electrons. The maximum atomic E-state index is 12.0. The van der Waals surface area contributed by atoms with Crippen LogP contribution < -0.4 is 16.4 Å². The van der Waals surface area contributed by atoms with Gasteiger partial charge in [0.25, 0.3) is 5.91 Å². The minimum atomic E-state index is -1.13. The molecule has 0 aliphatic carbocycles. The highest BCUT2D eigenvalue weighted by Gasteiger charge is 2.08. The Morgan fingerprint density at radius 1 is 1.19 bits per heavy atom. The van der Waals surface area contributed by atoms with Crippen LogP contribution in [0.25, 0.3) is 0 Å². The molecule has 7 nitrogen and oxygen atoms in total. The standard InChI is InChI=1S/C14H14N4O3/c15-10-1-3-11(4-2-10)18-13(19)12-7-9(5-6-16-12)8-17-14(20)21/h1-7,17H,8,15H2,(H,18,19)(H,20,21). The number of rotatable bonds is 4. The number of hydrogen-bond donors (Lipinski definition) is 4. The topological polar surface area (TPSA) is 117 Å². The van der Waals surface area contributed by atoms with Gasteiger partial charge in [0.05, 0.1) is 0 Å². The molecule has 0 unspecified atom stereocenters. The second-order valence-electron chi connectivity index (χ2n) is 4.28. The van der Waals surface area contributed by atoms with Crippen molar-refractivity contribution in [2.75, 3.05) is 11.1 Å². The molecule has 0 atom stereocenters. The average molecular weight is 286 g/mol. The highest BCUT2D eigenvalue weighted by molar-refractivity contribution is 6.03. The summed E-state index contributed by atoms with van der Waals surface area (Å²) in [6.45, 7) is 0.111. The van der Waals surface area contributed by atoms with Crippen LogP contribution in [0.3, 0.4) is 0 Å². The van der Waals surface area contributed by atoms with Gasteiger partial charge in [-0.3, -0.25) is 9.78 Å². The van der Waals surface area contributed by atoms with E-state index in [2.05, 4.69) is 15.6 Å². The number of pyridine rings is 1. The van der Waals surface area contributed by atoms with Crippen LogP contribution in [-0.2, 0) is 6.54 Å². The molecule has 0 aliphatic heterocycles. The Kier molecular flexibility index (Phi) is 4.35. The fourth-order valence-corrected chi connectivity index (χ4v) is 1.65. The van der Waals surface area contributed by atoms with Gasteiger partial charge in [0.1, 0.15) is 5.69 Å². The molecule has 0 bridgehead atoms. The molecule has 0 saturated heterocycles. The van der Waals surface area contributed by atoms with Crippen molar-refractivity contribution in [3.63, 3.8) is 0 Å². The maximum absolute atomic E-state index is 12.0. The number of anilines is 2. The summed E-state index contributed by atoms with van der Waals surface area (Å²) in [5, 5.41) is 13.5. The largest absolute Gasteiger partial charge is 0.465 e. The van der Waals surface area contributed by atoms with E-state index in [9.17, 15) is 9.59 Å². The molecule has 0 aliphatic rings. The number of nitrogens with zero attached hydrogens (tertiary/aromatic N) is 1. The zero-order valence-corrected chi connectivity index (χ0v) is 11.0. The van der Waals surface area contributed by atoms with Crippen molar-refractivity contribution in [3.8, 4) is 0 Å². The number of nitrogen functional groups attached to an aromatic ring is 1. The van der Waals surface area contributed by atoms with Gasteiger partial charge in [0.15, 0.2) is 0 Å². The molecular weight excluding hydrogens is 272 g/mol. The van der Waals surface area contributed by atoms with Crippen LogP contribution in [0.15, 0.2) is 42.6 Å². The summed E-state index contributed by atoms with van der Waals surface area (Å²) in [7, 11) is 0. The van der Waals surface area contributed by atoms with Gasteiger partial charge in [-0.2, -0.15) is 0 Å². The number of benzene rings is 1. The van der Waals surface area contributed by atoms with E-state index in [-0.39, 0.29) is 18.1 Å². The molecule has 1 aromatic heterocycles. The summed E-state index contributed by atoms with van der Waals surface area (Å²) in [6, 6.07) is 9.89. The predicted molar refractivity (Wildman–Crippen MR) is 77.9 cm³/mol. The lowest BCUT2D eigenvalue weighted by molar-refractivity contribution is 0.102. The fourth-order valence-electron chi connectivity index (χ4n) is 1.65. The lowest BCUT2D eigenvalue weighted by atomic mass is 10.2. The quantitative estimate of drug-likeness (QED) is 0.638. The number of amides is 2. The van der Waals surface area contributed by atoms with Gasteiger partial charge in [-0.1, -0.05) is 0 Å². The number of carboxylic acid groups (broad SMARTS) is 1. The molecule has 2 aromatic rings. The minimum Gasteiger partial charge on any atom is -0.465 e. The van der Waals surface area contributed by atoms with Gasteiger partial charge in [0.2, 0.25) is 0 Å². The Labute approximate surface area is 120 Å². The Balaban J connectivity index is 2.06. The second kappa shape index (κ2) is 6.38. The number of nitrogens with two attached hydrogens (primary N) is 1. The summed E-state index contributed by atoms with van der Waals surface area (Å²) in [5.41, 5.74) is 7.63. The second-order valence-corrected chi connectivity index (χ2v) is 4.28. The van der Waals surface area contributed by atoms with E-state index in [1.807, 2.05) is 0 Å². The first kappa shape index (κ1) is 14.3. The Morgan fingerprint density at radius 2 is 1.90 bits per heavy atom. The number of hydrogen-bond acceptors (Lipinski definition) is 4. The highest BCUT2D eigenvalue weighted by Crippen LogP contribution is 2.12. The van der Waals surface area contributed by atoms with E-state index in [1.54, 1.807) is 30.3 Å². The van der Waals surface area contributed by atoms with Crippen LogP contribution in [0, 0.1) is 0 Å². The predicted octanol–water partition coefficient (Wildman–Crippen LogP) is 1.68. The maximum Gasteiger partial charge on any atom is 0.404 e. The molecule has 5 N–H and O–H groups in total. The summed E-state index contributed by atoms with van der Waals surface area (Å²) in [6.07, 6.45) is 0.330. The van der Waals surface area contributed by atoms with Crippen LogP contribution in [0.2, 0.25) is 0 Å². The smallest absolute Gasteiger partial charge is 0.404 e. The molecule has 2 amide bonds. The van der Waals surface area contributed by atoms with Gasteiger partial charge < -0.3 is 21.5 Å². The molecule has 0 saturated carbocycles. The molecule has 1 heterocycles. The van der Waals surface area contributed by atoms with Crippen LogP contribution >= 0.6 is 0 Å². The SMILES string of the molecule is Nc1ccc(NC(=O)c2cc(CNC(=O)O)ccn2)cc1. The van der Waals surface area contributed by atoms with E-state index in [1.165, 1.54) is 12.3 Å². The number of nitrogens with one attached hydrogen (secondary N) is 2. The van der Waals surface area contributed by atoms with Crippen molar-refractivity contribution in [1.29, 1.82) is 0 Å². The van der Waals surface area contributed by atoms with Gasteiger partial charge >= 0.3 is 6.09 Å².